The fraction of sp³-hybridized carbons (Fsp3) is 0.381. The van der Waals surface area contributed by atoms with Crippen LogP contribution in [0.5, 0.6) is 11.5 Å². The van der Waals surface area contributed by atoms with Crippen LogP contribution >= 0.6 is 23.4 Å². The van der Waals surface area contributed by atoms with Crippen LogP contribution in [0.2, 0.25) is 5.02 Å². The van der Waals surface area contributed by atoms with Crippen LogP contribution in [0, 0.1) is 0 Å². The van der Waals surface area contributed by atoms with Gasteiger partial charge in [0, 0.05) is 23.4 Å². The second-order valence-electron chi connectivity index (χ2n) is 6.53. The van der Waals surface area contributed by atoms with Crippen molar-refractivity contribution in [2.24, 2.45) is 0 Å². The first-order chi connectivity index (χ1) is 14.7. The van der Waals surface area contributed by atoms with E-state index in [1.165, 1.54) is 0 Å². The van der Waals surface area contributed by atoms with Crippen molar-refractivity contribution < 1.29 is 9.47 Å². The lowest BCUT2D eigenvalue weighted by atomic mass is 10.2. The van der Waals surface area contributed by atoms with Gasteiger partial charge >= 0.3 is 0 Å². The van der Waals surface area contributed by atoms with Crippen molar-refractivity contribution in [1.82, 2.24) is 25.5 Å². The van der Waals surface area contributed by atoms with Crippen LogP contribution < -0.4 is 14.8 Å². The van der Waals surface area contributed by atoms with Gasteiger partial charge in [-0.05, 0) is 53.6 Å². The standard InChI is InChI=1S/C21H26ClN5O2S/c1-3-11-29-20-14-18(22)16(13-19(20)28-2)15-23-10-7-12-30-21-24-25-26-27(21)17-8-5-4-6-9-17/h4-6,8-9,13-14,23H,3,7,10-12,15H2,1-2H3. The Bertz CT molecular complexity index is 923. The molecule has 1 heterocycles. The molecule has 1 N–H and O–H groups in total. The number of rotatable bonds is 12. The van der Waals surface area contributed by atoms with E-state index in [0.717, 1.165) is 41.5 Å². The van der Waals surface area contributed by atoms with E-state index in [-0.39, 0.29) is 0 Å². The predicted octanol–water partition coefficient (Wildman–Crippen LogP) is 4.39. The highest BCUT2D eigenvalue weighted by atomic mass is 35.5. The maximum Gasteiger partial charge on any atom is 0.214 e. The number of halogens is 1. The Hall–Kier alpha value is -2.29. The molecule has 3 aromatic rings. The molecule has 9 heteroatoms. The summed E-state index contributed by atoms with van der Waals surface area (Å²) in [6, 6.07) is 13.6. The molecule has 30 heavy (non-hydrogen) atoms. The van der Waals surface area contributed by atoms with Gasteiger partial charge in [-0.2, -0.15) is 4.68 Å². The molecule has 0 saturated heterocycles. The molecule has 0 saturated carbocycles. The molecule has 3 rings (SSSR count). The molecular weight excluding hydrogens is 422 g/mol. The molecule has 0 aliphatic carbocycles. The van der Waals surface area contributed by atoms with E-state index in [1.54, 1.807) is 23.6 Å². The zero-order chi connectivity index (χ0) is 21.2. The zero-order valence-electron chi connectivity index (χ0n) is 17.2. The molecule has 0 unspecified atom stereocenters. The van der Waals surface area contributed by atoms with Gasteiger partial charge in [-0.1, -0.05) is 48.5 Å². The van der Waals surface area contributed by atoms with Crippen molar-refractivity contribution >= 4 is 23.4 Å². The third-order valence-corrected chi connectivity index (χ3v) is 5.64. The number of methoxy groups -OCH3 is 1. The molecule has 0 radical (unpaired) electrons. The van der Waals surface area contributed by atoms with E-state index >= 15 is 0 Å². The van der Waals surface area contributed by atoms with Gasteiger partial charge in [0.1, 0.15) is 0 Å². The number of benzene rings is 2. The summed E-state index contributed by atoms with van der Waals surface area (Å²) in [5.41, 5.74) is 1.94. The van der Waals surface area contributed by atoms with Crippen molar-refractivity contribution in [2.75, 3.05) is 26.0 Å². The SMILES string of the molecule is CCCOc1cc(Cl)c(CNCCCSc2nnnn2-c2ccccc2)cc1OC. The highest BCUT2D eigenvalue weighted by Gasteiger charge is 2.11. The number of tetrazole rings is 1. The number of hydrogen-bond donors (Lipinski definition) is 1. The van der Waals surface area contributed by atoms with E-state index in [9.17, 15) is 0 Å². The summed E-state index contributed by atoms with van der Waals surface area (Å²) >= 11 is 8.05. The highest BCUT2D eigenvalue weighted by Crippen LogP contribution is 2.33. The molecule has 2 aromatic carbocycles. The quantitative estimate of drug-likeness (QED) is 0.326. The fourth-order valence-electron chi connectivity index (χ4n) is 2.78. The lowest BCUT2D eigenvalue weighted by molar-refractivity contribution is 0.294. The Balaban J connectivity index is 1.45. The highest BCUT2D eigenvalue weighted by molar-refractivity contribution is 7.99. The van der Waals surface area contributed by atoms with Gasteiger partial charge < -0.3 is 14.8 Å². The third kappa shape index (κ3) is 6.10. The Morgan fingerprint density at radius 2 is 2.00 bits per heavy atom. The van der Waals surface area contributed by atoms with Crippen molar-refractivity contribution in [1.29, 1.82) is 0 Å². The summed E-state index contributed by atoms with van der Waals surface area (Å²) in [6.45, 7) is 4.21. The average molecular weight is 448 g/mol. The number of para-hydroxylation sites is 1. The van der Waals surface area contributed by atoms with E-state index in [2.05, 4.69) is 27.8 Å². The van der Waals surface area contributed by atoms with Crippen molar-refractivity contribution in [3.8, 4) is 17.2 Å². The number of aromatic nitrogens is 4. The molecule has 0 aliphatic heterocycles. The van der Waals surface area contributed by atoms with Crippen LogP contribution in [0.3, 0.4) is 0 Å². The Morgan fingerprint density at radius 1 is 1.17 bits per heavy atom. The number of ether oxygens (including phenoxy) is 2. The molecule has 7 nitrogen and oxygen atoms in total. The maximum atomic E-state index is 6.42. The first-order valence-corrected chi connectivity index (χ1v) is 11.3. The number of nitrogens with zero attached hydrogens (tertiary/aromatic N) is 4. The van der Waals surface area contributed by atoms with Gasteiger partial charge in [-0.3, -0.25) is 0 Å². The Labute approximate surface area is 186 Å². The molecule has 1 aromatic heterocycles. The number of thioether (sulfide) groups is 1. The first kappa shape index (κ1) is 22.4. The zero-order valence-corrected chi connectivity index (χ0v) is 18.7. The molecule has 0 spiro atoms. The topological polar surface area (TPSA) is 74.1 Å². The summed E-state index contributed by atoms with van der Waals surface area (Å²) in [4.78, 5) is 0. The number of hydrogen-bond acceptors (Lipinski definition) is 7. The van der Waals surface area contributed by atoms with Gasteiger partial charge in [0.2, 0.25) is 5.16 Å². The summed E-state index contributed by atoms with van der Waals surface area (Å²) in [6.07, 6.45) is 1.90. The van der Waals surface area contributed by atoms with Crippen LogP contribution in [0.15, 0.2) is 47.6 Å². The lowest BCUT2D eigenvalue weighted by Gasteiger charge is -2.14. The minimum absolute atomic E-state index is 0.634. The molecule has 160 valence electrons. The fourth-order valence-corrected chi connectivity index (χ4v) is 3.83. The molecule has 0 bridgehead atoms. The van der Waals surface area contributed by atoms with E-state index in [1.807, 2.05) is 42.5 Å². The minimum Gasteiger partial charge on any atom is -0.493 e. The van der Waals surface area contributed by atoms with Gasteiger partial charge in [0.25, 0.3) is 0 Å². The first-order valence-electron chi connectivity index (χ1n) is 9.89. The third-order valence-electron chi connectivity index (χ3n) is 4.28. The van der Waals surface area contributed by atoms with Crippen molar-refractivity contribution in [3.05, 3.63) is 53.1 Å². The summed E-state index contributed by atoms with van der Waals surface area (Å²) in [5.74, 6) is 2.29. The summed E-state index contributed by atoms with van der Waals surface area (Å²) < 4.78 is 12.9. The monoisotopic (exact) mass is 447 g/mol. The molecular formula is C21H26ClN5O2S. The van der Waals surface area contributed by atoms with Crippen LogP contribution in [0.1, 0.15) is 25.3 Å². The largest absolute Gasteiger partial charge is 0.493 e. The smallest absolute Gasteiger partial charge is 0.214 e. The van der Waals surface area contributed by atoms with Crippen LogP contribution in [0.4, 0.5) is 0 Å². The molecule has 0 aliphatic rings. The van der Waals surface area contributed by atoms with E-state index in [4.69, 9.17) is 21.1 Å². The normalized spacial score (nSPS) is 10.9. The molecule has 0 amide bonds. The van der Waals surface area contributed by atoms with Crippen LogP contribution in [-0.2, 0) is 6.54 Å². The Morgan fingerprint density at radius 3 is 2.77 bits per heavy atom. The minimum atomic E-state index is 0.634. The second kappa shape index (κ2) is 11.8. The van der Waals surface area contributed by atoms with Crippen LogP contribution in [-0.4, -0.2) is 46.2 Å². The summed E-state index contributed by atoms with van der Waals surface area (Å²) in [7, 11) is 1.64. The Kier molecular flexibility index (Phi) is 8.80. The lowest BCUT2D eigenvalue weighted by Crippen LogP contribution is -2.16. The van der Waals surface area contributed by atoms with E-state index in [0.29, 0.717) is 29.7 Å². The van der Waals surface area contributed by atoms with Gasteiger partial charge in [-0.15, -0.1) is 5.10 Å². The van der Waals surface area contributed by atoms with Gasteiger partial charge in [0.15, 0.2) is 11.5 Å². The van der Waals surface area contributed by atoms with E-state index < -0.39 is 0 Å². The predicted molar refractivity (Wildman–Crippen MR) is 120 cm³/mol. The van der Waals surface area contributed by atoms with Gasteiger partial charge in [0.05, 0.1) is 19.4 Å². The number of nitrogens with one attached hydrogen (secondary N) is 1. The van der Waals surface area contributed by atoms with Crippen molar-refractivity contribution in [3.63, 3.8) is 0 Å². The summed E-state index contributed by atoms with van der Waals surface area (Å²) in [5, 5.41) is 16.9. The average Bonchev–Trinajstić information content (AvgIpc) is 3.24. The van der Waals surface area contributed by atoms with Gasteiger partial charge in [-0.25, -0.2) is 0 Å². The molecule has 0 atom stereocenters. The molecule has 0 fully saturated rings. The van der Waals surface area contributed by atoms with Crippen molar-refractivity contribution in [2.45, 2.75) is 31.5 Å². The maximum absolute atomic E-state index is 6.42. The van der Waals surface area contributed by atoms with Crippen LogP contribution in [0.25, 0.3) is 5.69 Å². The second-order valence-corrected chi connectivity index (χ2v) is 8.00.